The number of nitrogens with one attached hydrogen (secondary N) is 1. The normalized spacial score (nSPS) is 10.6. The number of carbonyl (C=O) groups is 1. The van der Waals surface area contributed by atoms with E-state index in [-0.39, 0.29) is 5.91 Å². The van der Waals surface area contributed by atoms with E-state index in [1.54, 1.807) is 7.05 Å². The molecule has 3 heteroatoms. The van der Waals surface area contributed by atoms with Crippen LogP contribution < -0.4 is 10.2 Å². The molecule has 0 heterocycles. The molecule has 0 bridgehead atoms. The van der Waals surface area contributed by atoms with Crippen molar-refractivity contribution in [1.82, 2.24) is 5.32 Å². The summed E-state index contributed by atoms with van der Waals surface area (Å²) in [6.45, 7) is 7.37. The van der Waals surface area contributed by atoms with Crippen LogP contribution in [0.5, 0.6) is 0 Å². The molecule has 0 saturated carbocycles. The van der Waals surface area contributed by atoms with Crippen LogP contribution >= 0.6 is 0 Å². The minimum Gasteiger partial charge on any atom is -0.365 e. The third kappa shape index (κ3) is 3.67. The summed E-state index contributed by atoms with van der Waals surface area (Å²) in [5.74, 6) is -0.0498. The van der Waals surface area contributed by atoms with Crippen molar-refractivity contribution in [3.05, 3.63) is 65.2 Å². The van der Waals surface area contributed by atoms with Gasteiger partial charge >= 0.3 is 0 Å². The summed E-state index contributed by atoms with van der Waals surface area (Å²) in [7, 11) is 1.65. The summed E-state index contributed by atoms with van der Waals surface area (Å²) < 4.78 is 0. The highest BCUT2D eigenvalue weighted by atomic mass is 16.1. The standard InChI is InChI=1S/C19H24N2O/c1-14(2)21(18-8-6-5-7-15(18)3)13-16-9-11-17(12-10-16)19(22)20-4/h5-12,14H,13H2,1-4H3,(H,20,22). The Morgan fingerprint density at radius 3 is 2.27 bits per heavy atom. The van der Waals surface area contributed by atoms with Crippen LogP contribution in [0, 0.1) is 6.92 Å². The summed E-state index contributed by atoms with van der Waals surface area (Å²) in [5, 5.41) is 2.64. The second kappa shape index (κ2) is 7.12. The zero-order valence-electron chi connectivity index (χ0n) is 13.8. The van der Waals surface area contributed by atoms with Crippen LogP contribution in [0.3, 0.4) is 0 Å². The van der Waals surface area contributed by atoms with Gasteiger partial charge in [0.1, 0.15) is 0 Å². The van der Waals surface area contributed by atoms with Gasteiger partial charge in [0.2, 0.25) is 0 Å². The number of nitrogens with zero attached hydrogens (tertiary/aromatic N) is 1. The van der Waals surface area contributed by atoms with Gasteiger partial charge in [-0.2, -0.15) is 0 Å². The molecule has 0 aliphatic heterocycles. The van der Waals surface area contributed by atoms with Gasteiger partial charge in [-0.25, -0.2) is 0 Å². The van der Waals surface area contributed by atoms with E-state index in [1.165, 1.54) is 16.8 Å². The number of hydrogen-bond acceptors (Lipinski definition) is 2. The summed E-state index contributed by atoms with van der Waals surface area (Å²) in [5.41, 5.74) is 4.42. The molecule has 0 atom stereocenters. The molecule has 0 radical (unpaired) electrons. The third-order valence-corrected chi connectivity index (χ3v) is 3.84. The van der Waals surface area contributed by atoms with Gasteiger partial charge in [0.05, 0.1) is 0 Å². The van der Waals surface area contributed by atoms with E-state index in [2.05, 4.69) is 55.3 Å². The van der Waals surface area contributed by atoms with Crippen LogP contribution in [0.15, 0.2) is 48.5 Å². The van der Waals surface area contributed by atoms with Gasteiger partial charge in [-0.1, -0.05) is 30.3 Å². The molecular weight excluding hydrogens is 272 g/mol. The fourth-order valence-electron chi connectivity index (χ4n) is 2.53. The van der Waals surface area contributed by atoms with Gasteiger partial charge < -0.3 is 10.2 Å². The monoisotopic (exact) mass is 296 g/mol. The zero-order valence-corrected chi connectivity index (χ0v) is 13.8. The Bertz CT molecular complexity index is 632. The number of anilines is 1. The van der Waals surface area contributed by atoms with Crippen molar-refractivity contribution in [2.75, 3.05) is 11.9 Å². The van der Waals surface area contributed by atoms with Crippen LogP contribution in [0.1, 0.15) is 35.3 Å². The fourth-order valence-corrected chi connectivity index (χ4v) is 2.53. The van der Waals surface area contributed by atoms with Crippen LogP contribution in [0.25, 0.3) is 0 Å². The van der Waals surface area contributed by atoms with Crippen molar-refractivity contribution >= 4 is 11.6 Å². The Hall–Kier alpha value is -2.29. The Kier molecular flexibility index (Phi) is 5.21. The molecule has 1 N–H and O–H groups in total. The fraction of sp³-hybridized carbons (Fsp3) is 0.316. The van der Waals surface area contributed by atoms with Gasteiger partial charge in [0.15, 0.2) is 0 Å². The van der Waals surface area contributed by atoms with E-state index in [9.17, 15) is 4.79 Å². The smallest absolute Gasteiger partial charge is 0.251 e. The van der Waals surface area contributed by atoms with E-state index in [1.807, 2.05) is 24.3 Å². The molecule has 2 aromatic carbocycles. The van der Waals surface area contributed by atoms with Crippen molar-refractivity contribution < 1.29 is 4.79 Å². The molecule has 2 rings (SSSR count). The lowest BCUT2D eigenvalue weighted by atomic mass is 10.1. The maximum absolute atomic E-state index is 11.6. The van der Waals surface area contributed by atoms with E-state index in [0.29, 0.717) is 11.6 Å². The molecule has 0 fully saturated rings. The molecule has 0 aromatic heterocycles. The molecule has 2 aromatic rings. The molecule has 0 saturated heterocycles. The van der Waals surface area contributed by atoms with E-state index in [0.717, 1.165) is 6.54 Å². The lowest BCUT2D eigenvalue weighted by molar-refractivity contribution is 0.0963. The van der Waals surface area contributed by atoms with Gasteiger partial charge in [0, 0.05) is 30.9 Å². The largest absolute Gasteiger partial charge is 0.365 e. The van der Waals surface area contributed by atoms with Crippen LogP contribution in [-0.2, 0) is 6.54 Å². The number of benzene rings is 2. The average molecular weight is 296 g/mol. The Labute approximate surface area is 133 Å². The molecule has 22 heavy (non-hydrogen) atoms. The van der Waals surface area contributed by atoms with Gasteiger partial charge in [0.25, 0.3) is 5.91 Å². The van der Waals surface area contributed by atoms with Crippen LogP contribution in [-0.4, -0.2) is 19.0 Å². The van der Waals surface area contributed by atoms with Gasteiger partial charge in [-0.3, -0.25) is 4.79 Å². The van der Waals surface area contributed by atoms with E-state index >= 15 is 0 Å². The number of amides is 1. The van der Waals surface area contributed by atoms with Crippen molar-refractivity contribution in [2.45, 2.75) is 33.4 Å². The quantitative estimate of drug-likeness (QED) is 0.911. The second-order valence-electron chi connectivity index (χ2n) is 5.78. The van der Waals surface area contributed by atoms with Crippen LogP contribution in [0.4, 0.5) is 5.69 Å². The van der Waals surface area contributed by atoms with E-state index in [4.69, 9.17) is 0 Å². The highest BCUT2D eigenvalue weighted by Crippen LogP contribution is 2.24. The highest BCUT2D eigenvalue weighted by Gasteiger charge is 2.13. The number of carbonyl (C=O) groups excluding carboxylic acids is 1. The molecule has 116 valence electrons. The minimum atomic E-state index is -0.0498. The highest BCUT2D eigenvalue weighted by molar-refractivity contribution is 5.93. The lowest BCUT2D eigenvalue weighted by Crippen LogP contribution is -2.30. The zero-order chi connectivity index (χ0) is 16.1. The van der Waals surface area contributed by atoms with Crippen molar-refractivity contribution in [3.63, 3.8) is 0 Å². The number of para-hydroxylation sites is 1. The summed E-state index contributed by atoms with van der Waals surface area (Å²) in [4.78, 5) is 14.0. The van der Waals surface area contributed by atoms with Crippen LogP contribution in [0.2, 0.25) is 0 Å². The predicted molar refractivity (Wildman–Crippen MR) is 92.3 cm³/mol. The summed E-state index contributed by atoms with van der Waals surface area (Å²) in [6.07, 6.45) is 0. The first-order valence-electron chi connectivity index (χ1n) is 7.66. The van der Waals surface area contributed by atoms with Gasteiger partial charge in [-0.15, -0.1) is 0 Å². The maximum Gasteiger partial charge on any atom is 0.251 e. The average Bonchev–Trinajstić information content (AvgIpc) is 2.53. The SMILES string of the molecule is CNC(=O)c1ccc(CN(c2ccccc2C)C(C)C)cc1. The number of rotatable bonds is 5. The molecular formula is C19H24N2O. The van der Waals surface area contributed by atoms with Crippen molar-refractivity contribution in [3.8, 4) is 0 Å². The number of hydrogen-bond donors (Lipinski definition) is 1. The first-order chi connectivity index (χ1) is 10.5. The third-order valence-electron chi connectivity index (χ3n) is 3.84. The van der Waals surface area contributed by atoms with Crippen molar-refractivity contribution in [1.29, 1.82) is 0 Å². The first-order valence-corrected chi connectivity index (χ1v) is 7.66. The predicted octanol–water partition coefficient (Wildman–Crippen LogP) is 3.77. The first kappa shape index (κ1) is 16.1. The Morgan fingerprint density at radius 2 is 1.73 bits per heavy atom. The molecule has 0 aliphatic rings. The van der Waals surface area contributed by atoms with E-state index < -0.39 is 0 Å². The maximum atomic E-state index is 11.6. The second-order valence-corrected chi connectivity index (χ2v) is 5.78. The lowest BCUT2D eigenvalue weighted by Gasteiger charge is -2.30. The number of aryl methyl sites for hydroxylation is 1. The molecule has 1 amide bonds. The minimum absolute atomic E-state index is 0.0498. The molecule has 3 nitrogen and oxygen atoms in total. The summed E-state index contributed by atoms with van der Waals surface area (Å²) in [6, 6.07) is 16.7. The van der Waals surface area contributed by atoms with Gasteiger partial charge in [-0.05, 0) is 50.1 Å². The topological polar surface area (TPSA) is 32.3 Å². The molecule has 0 aliphatic carbocycles. The Morgan fingerprint density at radius 1 is 1.09 bits per heavy atom. The van der Waals surface area contributed by atoms with Crippen molar-refractivity contribution in [2.24, 2.45) is 0 Å². The Balaban J connectivity index is 2.22. The summed E-state index contributed by atoms with van der Waals surface area (Å²) >= 11 is 0. The molecule has 0 unspecified atom stereocenters. The molecule has 0 spiro atoms.